The van der Waals surface area contributed by atoms with Gasteiger partial charge in [0.2, 0.25) is 16.0 Å². The van der Waals surface area contributed by atoms with Crippen LogP contribution in [0.2, 0.25) is 5.02 Å². The number of anilines is 2. The van der Waals surface area contributed by atoms with Gasteiger partial charge in [-0.3, -0.25) is 0 Å². The highest BCUT2D eigenvalue weighted by Crippen LogP contribution is 2.28. The predicted molar refractivity (Wildman–Crippen MR) is 90.8 cm³/mol. The largest absolute Gasteiger partial charge is 0.507 e. The molecule has 6 N–H and O–H groups in total. The lowest BCUT2D eigenvalue weighted by molar-refractivity contribution is 0.0693. The second-order valence-electron chi connectivity index (χ2n) is 5.09. The number of halogens is 1. The topological polar surface area (TPSA) is 158 Å². The van der Waals surface area contributed by atoms with E-state index in [1.54, 1.807) is 0 Å². The molecule has 0 fully saturated rings. The van der Waals surface area contributed by atoms with Gasteiger partial charge in [-0.1, -0.05) is 11.6 Å². The summed E-state index contributed by atoms with van der Waals surface area (Å²) in [4.78, 5) is 17.8. The van der Waals surface area contributed by atoms with Crippen LogP contribution in [0.15, 0.2) is 35.2 Å². The molecule has 25 heavy (non-hydrogen) atoms. The second kappa shape index (κ2) is 5.92. The van der Waals surface area contributed by atoms with E-state index < -0.39 is 16.0 Å². The van der Waals surface area contributed by atoms with Gasteiger partial charge in [-0.25, -0.2) is 23.3 Å². The second-order valence-corrected chi connectivity index (χ2v) is 7.03. The zero-order valence-corrected chi connectivity index (χ0v) is 13.9. The van der Waals surface area contributed by atoms with Crippen molar-refractivity contribution >= 4 is 50.3 Å². The van der Waals surface area contributed by atoms with Crippen molar-refractivity contribution in [3.8, 4) is 5.75 Å². The summed E-state index contributed by atoms with van der Waals surface area (Å²) < 4.78 is 23.0. The Hall–Kier alpha value is -2.82. The first-order valence-corrected chi connectivity index (χ1v) is 8.63. The molecular weight excluding hydrogens is 372 g/mol. The number of aromatic carboxylic acids is 1. The molecule has 1 aromatic heterocycles. The number of hydrogen-bond donors (Lipinski definition) is 5. The lowest BCUT2D eigenvalue weighted by atomic mass is 10.2. The average Bonchev–Trinajstić information content (AvgIpc) is 2.88. The maximum absolute atomic E-state index is 11.5. The van der Waals surface area contributed by atoms with Gasteiger partial charge in [0.15, 0.2) is 0 Å². The summed E-state index contributed by atoms with van der Waals surface area (Å²) in [5, 5.41) is 26.4. The van der Waals surface area contributed by atoms with Crippen LogP contribution in [0.4, 0.5) is 11.6 Å². The summed E-state index contributed by atoms with van der Waals surface area (Å²) in [5.74, 6) is -1.43. The van der Waals surface area contributed by atoms with Crippen molar-refractivity contribution in [2.45, 2.75) is 4.90 Å². The molecule has 0 bridgehead atoms. The van der Waals surface area contributed by atoms with Crippen molar-refractivity contribution in [1.82, 2.24) is 9.97 Å². The van der Waals surface area contributed by atoms with Crippen LogP contribution in [0.5, 0.6) is 5.75 Å². The van der Waals surface area contributed by atoms with Crippen LogP contribution in [0.3, 0.4) is 0 Å². The number of carbonyl (C=O) groups is 1. The Labute approximate surface area is 146 Å². The zero-order valence-electron chi connectivity index (χ0n) is 12.3. The molecule has 0 aliphatic rings. The number of hydrogen-bond acceptors (Lipinski definition) is 6. The van der Waals surface area contributed by atoms with Gasteiger partial charge < -0.3 is 20.5 Å². The van der Waals surface area contributed by atoms with Crippen molar-refractivity contribution in [2.75, 3.05) is 5.32 Å². The van der Waals surface area contributed by atoms with Crippen LogP contribution >= 0.6 is 11.6 Å². The van der Waals surface area contributed by atoms with Gasteiger partial charge in [-0.2, -0.15) is 0 Å². The Kier molecular flexibility index (Phi) is 4.03. The number of H-pyrrole nitrogens is 1. The molecule has 0 radical (unpaired) electrons. The number of fused-ring (bicyclic) bond motifs is 1. The van der Waals surface area contributed by atoms with Crippen molar-refractivity contribution in [2.24, 2.45) is 5.14 Å². The molecule has 3 rings (SSSR count). The number of sulfonamides is 1. The van der Waals surface area contributed by atoms with Crippen LogP contribution in [0, 0.1) is 0 Å². The van der Waals surface area contributed by atoms with E-state index in [0.29, 0.717) is 16.7 Å². The Morgan fingerprint density at radius 3 is 2.64 bits per heavy atom. The minimum absolute atomic E-state index is 0.0640. The first-order valence-electron chi connectivity index (χ1n) is 6.70. The van der Waals surface area contributed by atoms with E-state index in [2.05, 4.69) is 15.3 Å². The van der Waals surface area contributed by atoms with E-state index in [0.717, 1.165) is 0 Å². The van der Waals surface area contributed by atoms with E-state index in [-0.39, 0.29) is 27.2 Å². The zero-order chi connectivity index (χ0) is 18.4. The number of rotatable bonds is 4. The Morgan fingerprint density at radius 1 is 1.28 bits per heavy atom. The standard InChI is InChI=1S/C14H11ClN4O5S/c15-8-4-9-10(5-12(8)25(16,23)24)19-14(18-9)17-6-1-2-11(20)7(3-6)13(21)22/h1-5,20H,(H,21,22)(H2,16,23,24)(H2,17,18,19). The van der Waals surface area contributed by atoms with E-state index >= 15 is 0 Å². The molecule has 3 aromatic rings. The highest BCUT2D eigenvalue weighted by Gasteiger charge is 2.16. The lowest BCUT2D eigenvalue weighted by Crippen LogP contribution is -2.12. The van der Waals surface area contributed by atoms with Gasteiger partial charge in [-0.05, 0) is 30.3 Å². The lowest BCUT2D eigenvalue weighted by Gasteiger charge is -2.05. The van der Waals surface area contributed by atoms with E-state index in [1.165, 1.54) is 30.3 Å². The number of benzene rings is 2. The fourth-order valence-electron chi connectivity index (χ4n) is 2.21. The SMILES string of the molecule is NS(=O)(=O)c1cc2[nH]c(Nc3ccc(O)c(C(=O)O)c3)nc2cc1Cl. The fraction of sp³-hybridized carbons (Fsp3) is 0. The number of phenols is 1. The number of carboxylic acid groups (broad SMARTS) is 1. The van der Waals surface area contributed by atoms with Gasteiger partial charge in [0.05, 0.1) is 16.1 Å². The molecule has 0 amide bonds. The molecule has 9 nitrogen and oxygen atoms in total. The third-order valence-electron chi connectivity index (χ3n) is 3.33. The molecule has 0 saturated heterocycles. The summed E-state index contributed by atoms with van der Waals surface area (Å²) in [6.45, 7) is 0. The summed E-state index contributed by atoms with van der Waals surface area (Å²) in [7, 11) is -3.99. The Morgan fingerprint density at radius 2 is 2.00 bits per heavy atom. The van der Waals surface area contributed by atoms with Gasteiger partial charge in [0.25, 0.3) is 0 Å². The van der Waals surface area contributed by atoms with E-state index in [9.17, 15) is 18.3 Å². The molecule has 130 valence electrons. The maximum Gasteiger partial charge on any atom is 0.339 e. The number of primary sulfonamides is 1. The van der Waals surface area contributed by atoms with Crippen LogP contribution in [-0.2, 0) is 10.0 Å². The first kappa shape index (κ1) is 17.0. The molecule has 0 unspecified atom stereocenters. The number of aromatic hydroxyl groups is 1. The quantitative estimate of drug-likeness (QED) is 0.431. The van der Waals surface area contributed by atoms with Gasteiger partial charge in [0.1, 0.15) is 16.2 Å². The highest BCUT2D eigenvalue weighted by atomic mass is 35.5. The summed E-state index contributed by atoms with van der Waals surface area (Å²) >= 11 is 5.90. The molecule has 1 heterocycles. The number of imidazole rings is 1. The van der Waals surface area contributed by atoms with Gasteiger partial charge in [0, 0.05) is 5.69 Å². The molecule has 11 heteroatoms. The van der Waals surface area contributed by atoms with Crippen LogP contribution in [0.1, 0.15) is 10.4 Å². The third-order valence-corrected chi connectivity index (χ3v) is 4.71. The van der Waals surface area contributed by atoms with Gasteiger partial charge >= 0.3 is 5.97 Å². The van der Waals surface area contributed by atoms with Crippen molar-refractivity contribution in [3.05, 3.63) is 40.9 Å². The number of nitrogens with zero attached hydrogens (tertiary/aromatic N) is 1. The van der Waals surface area contributed by atoms with Gasteiger partial charge in [-0.15, -0.1) is 0 Å². The number of nitrogens with two attached hydrogens (primary N) is 1. The molecule has 0 aliphatic heterocycles. The molecular formula is C14H11ClN4O5S. The molecule has 0 aliphatic carbocycles. The van der Waals surface area contributed by atoms with Crippen molar-refractivity contribution < 1.29 is 23.4 Å². The summed E-state index contributed by atoms with van der Waals surface area (Å²) in [5.41, 5.74) is 0.831. The normalized spacial score (nSPS) is 11.6. The first-order chi connectivity index (χ1) is 11.6. The van der Waals surface area contributed by atoms with Crippen molar-refractivity contribution in [1.29, 1.82) is 0 Å². The number of aromatic amines is 1. The number of aromatic nitrogens is 2. The minimum Gasteiger partial charge on any atom is -0.507 e. The fourth-order valence-corrected chi connectivity index (χ4v) is 3.30. The Balaban J connectivity index is 2.01. The van der Waals surface area contributed by atoms with Crippen LogP contribution < -0.4 is 10.5 Å². The molecule has 0 spiro atoms. The van der Waals surface area contributed by atoms with Crippen molar-refractivity contribution in [3.63, 3.8) is 0 Å². The molecule has 2 aromatic carbocycles. The maximum atomic E-state index is 11.5. The van der Waals surface area contributed by atoms with E-state index in [1.807, 2.05) is 0 Å². The summed E-state index contributed by atoms with van der Waals surface area (Å²) in [6.07, 6.45) is 0. The predicted octanol–water partition coefficient (Wildman–Crippen LogP) is 2.01. The molecule has 0 atom stereocenters. The Bertz CT molecular complexity index is 1110. The number of carboxylic acids is 1. The monoisotopic (exact) mass is 382 g/mol. The smallest absolute Gasteiger partial charge is 0.339 e. The van der Waals surface area contributed by atoms with Crippen LogP contribution in [-0.4, -0.2) is 34.6 Å². The number of nitrogens with one attached hydrogen (secondary N) is 2. The molecule has 0 saturated carbocycles. The minimum atomic E-state index is -3.99. The highest BCUT2D eigenvalue weighted by molar-refractivity contribution is 7.89. The third kappa shape index (κ3) is 3.36. The summed E-state index contributed by atoms with van der Waals surface area (Å²) in [6, 6.07) is 6.51. The average molecular weight is 383 g/mol. The van der Waals surface area contributed by atoms with Crippen LogP contribution in [0.25, 0.3) is 11.0 Å². The van der Waals surface area contributed by atoms with E-state index in [4.69, 9.17) is 21.8 Å².